The number of aryl methyl sites for hydroxylation is 1. The number of thiophene rings is 1. The molecule has 8 heteroatoms. The predicted molar refractivity (Wildman–Crippen MR) is 146 cm³/mol. The average Bonchev–Trinajstić information content (AvgIpc) is 3.41. The van der Waals surface area contributed by atoms with Crippen LogP contribution in [0, 0.1) is 12.8 Å². The summed E-state index contributed by atoms with van der Waals surface area (Å²) in [5.41, 5.74) is 3.27. The molecule has 190 valence electrons. The Kier molecular flexibility index (Phi) is 7.26. The van der Waals surface area contributed by atoms with E-state index < -0.39 is 23.7 Å². The van der Waals surface area contributed by atoms with E-state index in [2.05, 4.69) is 0 Å². The van der Waals surface area contributed by atoms with Crippen molar-refractivity contribution in [3.8, 4) is 0 Å². The number of para-hydroxylation sites is 1. The Hall–Kier alpha value is -2.93. The van der Waals surface area contributed by atoms with Gasteiger partial charge in [0.25, 0.3) is 0 Å². The Bertz CT molecular complexity index is 1420. The number of Topliss-reactive ketones (excluding diaryl/α,β-unsaturated/α-hetero) is 1. The van der Waals surface area contributed by atoms with Crippen molar-refractivity contribution in [3.05, 3.63) is 97.3 Å². The number of anilines is 1. The standard InChI is InChI=1S/C29H25Cl2NO4S/c1-3-36-29(35)26-19(23-12-7-13-37-23)14-22-25(28(26)34)18(17-9-6-10-20(30)27(17)31)15-24(33)32(22)21-11-5-4-8-16(21)2/h4-13,18-19,26H,3,14-15H2,1-2H3/t18-,19+,26+/m1/s1. The summed E-state index contributed by atoms with van der Waals surface area (Å²) in [7, 11) is 0. The van der Waals surface area contributed by atoms with Crippen LogP contribution in [0.3, 0.4) is 0 Å². The first-order valence-electron chi connectivity index (χ1n) is 12.1. The zero-order chi connectivity index (χ0) is 26.3. The molecule has 0 bridgehead atoms. The Labute approximate surface area is 229 Å². The molecule has 0 N–H and O–H groups in total. The molecular weight excluding hydrogens is 529 g/mol. The molecule has 2 heterocycles. The fraction of sp³-hybridized carbons (Fsp3) is 0.276. The van der Waals surface area contributed by atoms with Crippen LogP contribution in [0.2, 0.25) is 10.0 Å². The predicted octanol–water partition coefficient (Wildman–Crippen LogP) is 7.07. The minimum atomic E-state index is -1.01. The van der Waals surface area contributed by atoms with E-state index in [0.29, 0.717) is 33.3 Å². The number of carbonyl (C=O) groups is 3. The van der Waals surface area contributed by atoms with Gasteiger partial charge < -0.3 is 4.74 Å². The van der Waals surface area contributed by atoms with Crippen molar-refractivity contribution in [2.45, 2.75) is 38.5 Å². The second kappa shape index (κ2) is 10.4. The number of ketones is 1. The molecule has 5 nitrogen and oxygen atoms in total. The Morgan fingerprint density at radius 3 is 2.54 bits per heavy atom. The fourth-order valence-electron chi connectivity index (χ4n) is 5.45. The Morgan fingerprint density at radius 1 is 1.05 bits per heavy atom. The van der Waals surface area contributed by atoms with E-state index in [1.807, 2.05) is 48.7 Å². The van der Waals surface area contributed by atoms with Gasteiger partial charge in [-0.25, -0.2) is 0 Å². The van der Waals surface area contributed by atoms with Crippen molar-refractivity contribution in [2.75, 3.05) is 11.5 Å². The number of amides is 1. The van der Waals surface area contributed by atoms with E-state index in [0.717, 1.165) is 16.1 Å². The summed E-state index contributed by atoms with van der Waals surface area (Å²) in [5, 5.41) is 2.57. The maximum Gasteiger partial charge on any atom is 0.317 e. The molecule has 1 aliphatic carbocycles. The summed E-state index contributed by atoms with van der Waals surface area (Å²) in [4.78, 5) is 44.0. The van der Waals surface area contributed by atoms with E-state index >= 15 is 0 Å². The summed E-state index contributed by atoms with van der Waals surface area (Å²) in [6.45, 7) is 3.83. The third kappa shape index (κ3) is 4.52. The van der Waals surface area contributed by atoms with Crippen molar-refractivity contribution >= 4 is 57.9 Å². The molecule has 0 spiro atoms. The molecule has 0 saturated carbocycles. The highest BCUT2D eigenvalue weighted by Crippen LogP contribution is 2.51. The van der Waals surface area contributed by atoms with Crippen LogP contribution in [-0.4, -0.2) is 24.3 Å². The van der Waals surface area contributed by atoms with Gasteiger partial charge in [-0.05, 0) is 55.0 Å². The first kappa shape index (κ1) is 25.7. The second-order valence-electron chi connectivity index (χ2n) is 9.20. The highest BCUT2D eigenvalue weighted by molar-refractivity contribution is 7.10. The lowest BCUT2D eigenvalue weighted by atomic mass is 9.69. The van der Waals surface area contributed by atoms with Crippen LogP contribution in [-0.2, 0) is 19.1 Å². The maximum absolute atomic E-state index is 14.4. The summed E-state index contributed by atoms with van der Waals surface area (Å²) in [6.07, 6.45) is 0.359. The molecule has 2 aromatic carbocycles. The quantitative estimate of drug-likeness (QED) is 0.250. The van der Waals surface area contributed by atoms with Gasteiger partial charge in [-0.3, -0.25) is 19.3 Å². The average molecular weight is 554 g/mol. The summed E-state index contributed by atoms with van der Waals surface area (Å²) in [6, 6.07) is 16.6. The van der Waals surface area contributed by atoms with Crippen LogP contribution < -0.4 is 4.90 Å². The lowest BCUT2D eigenvalue weighted by Gasteiger charge is -2.42. The normalized spacial score (nSPS) is 21.7. The van der Waals surface area contributed by atoms with Gasteiger partial charge in [0.2, 0.25) is 5.91 Å². The van der Waals surface area contributed by atoms with Crippen molar-refractivity contribution in [1.29, 1.82) is 0 Å². The Balaban J connectivity index is 1.76. The molecule has 1 amide bonds. The zero-order valence-electron chi connectivity index (χ0n) is 20.4. The van der Waals surface area contributed by atoms with Gasteiger partial charge in [0.1, 0.15) is 5.92 Å². The summed E-state index contributed by atoms with van der Waals surface area (Å²) in [5.74, 6) is -3.09. The molecule has 2 aliphatic rings. The van der Waals surface area contributed by atoms with Gasteiger partial charge in [-0.2, -0.15) is 0 Å². The molecule has 0 saturated heterocycles. The van der Waals surface area contributed by atoms with Gasteiger partial charge >= 0.3 is 5.97 Å². The van der Waals surface area contributed by atoms with Crippen molar-refractivity contribution in [1.82, 2.24) is 0 Å². The number of rotatable bonds is 5. The number of esters is 1. The second-order valence-corrected chi connectivity index (χ2v) is 11.0. The van der Waals surface area contributed by atoms with Gasteiger partial charge in [-0.1, -0.05) is 59.6 Å². The van der Waals surface area contributed by atoms with E-state index in [4.69, 9.17) is 27.9 Å². The lowest BCUT2D eigenvalue weighted by molar-refractivity contribution is -0.152. The molecule has 1 aromatic heterocycles. The van der Waals surface area contributed by atoms with Gasteiger partial charge in [0.15, 0.2) is 5.78 Å². The van der Waals surface area contributed by atoms with Crippen LogP contribution in [0.25, 0.3) is 0 Å². The SMILES string of the molecule is CCOC(=O)[C@@H]1C(=O)C2=C(C[C@H]1c1cccs1)N(c1ccccc1C)C(=O)C[C@@H]2c1cccc(Cl)c1Cl. The van der Waals surface area contributed by atoms with E-state index in [1.54, 1.807) is 30.0 Å². The smallest absolute Gasteiger partial charge is 0.317 e. The largest absolute Gasteiger partial charge is 0.465 e. The number of halogens is 2. The molecule has 3 aromatic rings. The van der Waals surface area contributed by atoms with Crippen LogP contribution >= 0.6 is 34.5 Å². The van der Waals surface area contributed by atoms with Crippen LogP contribution in [0.4, 0.5) is 5.69 Å². The zero-order valence-corrected chi connectivity index (χ0v) is 22.7. The summed E-state index contributed by atoms with van der Waals surface area (Å²) < 4.78 is 5.39. The fourth-order valence-corrected chi connectivity index (χ4v) is 6.76. The molecule has 0 unspecified atom stereocenters. The van der Waals surface area contributed by atoms with Gasteiger partial charge in [0, 0.05) is 34.4 Å². The molecule has 3 atom stereocenters. The molecule has 37 heavy (non-hydrogen) atoms. The summed E-state index contributed by atoms with van der Waals surface area (Å²) >= 11 is 14.4. The number of allylic oxidation sites excluding steroid dienone is 2. The van der Waals surface area contributed by atoms with Gasteiger partial charge in [0.05, 0.1) is 22.3 Å². The number of carbonyl (C=O) groups excluding carboxylic acids is 3. The van der Waals surface area contributed by atoms with E-state index in [9.17, 15) is 14.4 Å². The number of benzene rings is 2. The number of ether oxygens (including phenoxy) is 1. The highest BCUT2D eigenvalue weighted by Gasteiger charge is 2.50. The third-order valence-electron chi connectivity index (χ3n) is 7.08. The molecule has 1 aliphatic heterocycles. The molecule has 0 radical (unpaired) electrons. The topological polar surface area (TPSA) is 63.7 Å². The monoisotopic (exact) mass is 553 g/mol. The van der Waals surface area contributed by atoms with Crippen LogP contribution in [0.15, 0.2) is 71.2 Å². The molecule has 0 fully saturated rings. The number of hydrogen-bond acceptors (Lipinski definition) is 5. The van der Waals surface area contributed by atoms with Crippen molar-refractivity contribution in [3.63, 3.8) is 0 Å². The van der Waals surface area contributed by atoms with Crippen LogP contribution in [0.5, 0.6) is 0 Å². The highest BCUT2D eigenvalue weighted by atomic mass is 35.5. The van der Waals surface area contributed by atoms with Crippen LogP contribution in [0.1, 0.15) is 47.6 Å². The maximum atomic E-state index is 14.4. The molecule has 5 rings (SSSR count). The number of hydrogen-bond donors (Lipinski definition) is 0. The van der Waals surface area contributed by atoms with Crippen molar-refractivity contribution in [2.24, 2.45) is 5.92 Å². The van der Waals surface area contributed by atoms with Crippen molar-refractivity contribution < 1.29 is 19.1 Å². The first-order chi connectivity index (χ1) is 17.8. The van der Waals surface area contributed by atoms with Gasteiger partial charge in [-0.15, -0.1) is 11.3 Å². The minimum Gasteiger partial charge on any atom is -0.465 e. The number of nitrogens with zero attached hydrogens (tertiary/aromatic N) is 1. The third-order valence-corrected chi connectivity index (χ3v) is 8.92. The first-order valence-corrected chi connectivity index (χ1v) is 13.8. The molecular formula is C29H25Cl2NO4S. The van der Waals surface area contributed by atoms with E-state index in [1.165, 1.54) is 11.3 Å². The van der Waals surface area contributed by atoms with E-state index in [-0.39, 0.29) is 24.7 Å². The Morgan fingerprint density at radius 2 is 1.84 bits per heavy atom. The minimum absolute atomic E-state index is 0.0260. The lowest BCUT2D eigenvalue weighted by Crippen LogP contribution is -2.46.